The average Bonchev–Trinajstić information content (AvgIpc) is 2.50. The van der Waals surface area contributed by atoms with Gasteiger partial charge in [0.1, 0.15) is 6.07 Å². The van der Waals surface area contributed by atoms with Gasteiger partial charge in [-0.05, 0) is 64.0 Å². The van der Waals surface area contributed by atoms with E-state index in [1.807, 2.05) is 6.07 Å². The predicted molar refractivity (Wildman–Crippen MR) is 83.8 cm³/mol. The monoisotopic (exact) mass is 284 g/mol. The van der Waals surface area contributed by atoms with Crippen LogP contribution in [-0.2, 0) is 12.8 Å². The Bertz CT molecular complexity index is 551. The summed E-state index contributed by atoms with van der Waals surface area (Å²) in [6, 6.07) is 5.33. The van der Waals surface area contributed by atoms with Crippen LogP contribution in [-0.4, -0.2) is 22.1 Å². The fourth-order valence-electron chi connectivity index (χ4n) is 3.57. The first-order valence-electron chi connectivity index (χ1n) is 8.17. The van der Waals surface area contributed by atoms with E-state index in [0.717, 1.165) is 18.7 Å². The van der Waals surface area contributed by atoms with Gasteiger partial charge in [0.25, 0.3) is 0 Å². The lowest BCUT2D eigenvalue weighted by Crippen LogP contribution is -2.47. The minimum absolute atomic E-state index is 0.484. The summed E-state index contributed by atoms with van der Waals surface area (Å²) in [6.45, 7) is 4.49. The highest BCUT2D eigenvalue weighted by atomic mass is 15.5. The van der Waals surface area contributed by atoms with E-state index < -0.39 is 0 Å². The van der Waals surface area contributed by atoms with Gasteiger partial charge in [-0.25, -0.2) is 9.99 Å². The lowest BCUT2D eigenvalue weighted by Gasteiger charge is -2.39. The Kier molecular flexibility index (Phi) is 4.12. The Balaban J connectivity index is 1.89. The Morgan fingerprint density at radius 3 is 2.62 bits per heavy atom. The first kappa shape index (κ1) is 14.3. The summed E-state index contributed by atoms with van der Waals surface area (Å²) in [4.78, 5) is 4.77. The zero-order valence-corrected chi connectivity index (χ0v) is 13.0. The van der Waals surface area contributed by atoms with Gasteiger partial charge < -0.3 is 5.43 Å². The molecule has 0 amide bonds. The molecule has 1 aromatic rings. The molecule has 2 heterocycles. The molecule has 4 heteroatoms. The number of rotatable bonds is 2. The van der Waals surface area contributed by atoms with Crippen LogP contribution in [0.1, 0.15) is 62.8 Å². The zero-order valence-electron chi connectivity index (χ0n) is 13.0. The summed E-state index contributed by atoms with van der Waals surface area (Å²) in [5.74, 6) is 0.749. The molecule has 2 atom stereocenters. The second kappa shape index (κ2) is 6.03. The molecular weight excluding hydrogens is 260 g/mol. The largest absolute Gasteiger partial charge is 0.301 e. The molecule has 1 aliphatic carbocycles. The fraction of sp³-hybridized carbons (Fsp3) is 0.647. The number of nitrogens with one attached hydrogen (secondary N) is 1. The molecule has 1 aliphatic heterocycles. The van der Waals surface area contributed by atoms with Gasteiger partial charge in [-0.15, -0.1) is 0 Å². The lowest BCUT2D eigenvalue weighted by atomic mass is 9.95. The van der Waals surface area contributed by atoms with E-state index in [0.29, 0.717) is 17.6 Å². The Labute approximate surface area is 127 Å². The highest BCUT2D eigenvalue weighted by Gasteiger charge is 2.26. The summed E-state index contributed by atoms with van der Waals surface area (Å²) < 4.78 is 0. The number of pyridine rings is 1. The Morgan fingerprint density at radius 1 is 1.19 bits per heavy atom. The van der Waals surface area contributed by atoms with Gasteiger partial charge in [-0.1, -0.05) is 6.42 Å². The molecule has 0 spiro atoms. The number of piperidine rings is 1. The van der Waals surface area contributed by atoms with Crippen molar-refractivity contribution in [1.82, 2.24) is 9.99 Å². The maximum absolute atomic E-state index is 9.43. The van der Waals surface area contributed by atoms with Gasteiger partial charge in [-0.2, -0.15) is 5.26 Å². The number of nitriles is 1. The fourth-order valence-corrected chi connectivity index (χ4v) is 3.57. The van der Waals surface area contributed by atoms with Crippen molar-refractivity contribution in [3.63, 3.8) is 0 Å². The summed E-state index contributed by atoms with van der Waals surface area (Å²) in [7, 11) is 0. The van der Waals surface area contributed by atoms with Crippen LogP contribution in [0.25, 0.3) is 0 Å². The van der Waals surface area contributed by atoms with Crippen LogP contribution in [0.4, 0.5) is 5.82 Å². The van der Waals surface area contributed by atoms with E-state index in [4.69, 9.17) is 4.98 Å². The van der Waals surface area contributed by atoms with E-state index in [1.54, 1.807) is 0 Å². The van der Waals surface area contributed by atoms with Crippen LogP contribution in [0, 0.1) is 11.3 Å². The van der Waals surface area contributed by atoms with Gasteiger partial charge in [-0.3, -0.25) is 0 Å². The minimum Gasteiger partial charge on any atom is -0.301 e. The summed E-state index contributed by atoms with van der Waals surface area (Å²) in [5.41, 5.74) is 6.58. The van der Waals surface area contributed by atoms with E-state index >= 15 is 0 Å². The van der Waals surface area contributed by atoms with E-state index in [9.17, 15) is 5.26 Å². The van der Waals surface area contributed by atoms with E-state index in [-0.39, 0.29) is 0 Å². The van der Waals surface area contributed by atoms with Crippen molar-refractivity contribution < 1.29 is 0 Å². The molecule has 1 aromatic heterocycles. The van der Waals surface area contributed by atoms with Crippen molar-refractivity contribution in [2.75, 3.05) is 5.43 Å². The molecule has 0 radical (unpaired) electrons. The van der Waals surface area contributed by atoms with Crippen molar-refractivity contribution in [1.29, 1.82) is 5.26 Å². The van der Waals surface area contributed by atoms with Gasteiger partial charge >= 0.3 is 0 Å². The molecular formula is C17H24N4. The number of aromatic nitrogens is 1. The van der Waals surface area contributed by atoms with Crippen molar-refractivity contribution >= 4 is 5.82 Å². The van der Waals surface area contributed by atoms with Gasteiger partial charge in [0.15, 0.2) is 5.82 Å². The molecule has 1 saturated heterocycles. The van der Waals surface area contributed by atoms with Crippen LogP contribution < -0.4 is 5.43 Å². The number of anilines is 1. The smallest absolute Gasteiger partial charge is 0.158 e. The topological polar surface area (TPSA) is 52.0 Å². The molecule has 2 unspecified atom stereocenters. The number of nitrogens with zero attached hydrogens (tertiary/aromatic N) is 3. The molecule has 0 bridgehead atoms. The normalized spacial score (nSPS) is 26.0. The van der Waals surface area contributed by atoms with Crippen LogP contribution in [0.15, 0.2) is 6.07 Å². The predicted octanol–water partition coefficient (Wildman–Crippen LogP) is 3.42. The maximum Gasteiger partial charge on any atom is 0.158 e. The standard InChI is InChI=1S/C17H24N4/c1-12-6-5-7-13(2)21(12)20-17-15(11-18)10-14-8-3-4-9-16(14)19-17/h10,12-13H,3-9H2,1-2H3,(H,19,20). The second-order valence-corrected chi connectivity index (χ2v) is 6.46. The minimum atomic E-state index is 0.484. The third kappa shape index (κ3) is 2.89. The van der Waals surface area contributed by atoms with Crippen molar-refractivity contribution in [2.24, 2.45) is 0 Å². The third-order valence-corrected chi connectivity index (χ3v) is 4.85. The number of hydrogen-bond acceptors (Lipinski definition) is 4. The quantitative estimate of drug-likeness (QED) is 0.904. The summed E-state index contributed by atoms with van der Waals surface area (Å²) in [6.07, 6.45) is 8.21. The van der Waals surface area contributed by atoms with Crippen molar-refractivity contribution in [3.05, 3.63) is 22.9 Å². The number of hydrogen-bond donors (Lipinski definition) is 1. The Hall–Kier alpha value is -1.60. The van der Waals surface area contributed by atoms with Crippen molar-refractivity contribution in [2.45, 2.75) is 70.9 Å². The number of hydrazine groups is 1. The molecule has 2 aliphatic rings. The van der Waals surface area contributed by atoms with Crippen LogP contribution in [0.3, 0.4) is 0 Å². The highest BCUT2D eigenvalue weighted by molar-refractivity contribution is 5.54. The van der Waals surface area contributed by atoms with Crippen LogP contribution in [0.5, 0.6) is 0 Å². The highest BCUT2D eigenvalue weighted by Crippen LogP contribution is 2.27. The SMILES string of the molecule is CC1CCCC(C)N1Nc1nc2c(cc1C#N)CCCC2. The van der Waals surface area contributed by atoms with E-state index in [1.165, 1.54) is 43.4 Å². The van der Waals surface area contributed by atoms with E-state index in [2.05, 4.69) is 30.4 Å². The lowest BCUT2D eigenvalue weighted by molar-refractivity contribution is 0.135. The molecule has 3 rings (SSSR count). The first-order valence-corrected chi connectivity index (χ1v) is 8.17. The molecule has 0 saturated carbocycles. The Morgan fingerprint density at radius 2 is 1.90 bits per heavy atom. The second-order valence-electron chi connectivity index (χ2n) is 6.46. The number of aryl methyl sites for hydroxylation is 2. The molecule has 112 valence electrons. The molecule has 4 nitrogen and oxygen atoms in total. The molecule has 1 fully saturated rings. The first-order chi connectivity index (χ1) is 10.2. The third-order valence-electron chi connectivity index (χ3n) is 4.85. The van der Waals surface area contributed by atoms with Crippen LogP contribution >= 0.6 is 0 Å². The van der Waals surface area contributed by atoms with Gasteiger partial charge in [0.05, 0.1) is 5.56 Å². The average molecular weight is 284 g/mol. The molecule has 1 N–H and O–H groups in total. The summed E-state index contributed by atoms with van der Waals surface area (Å²) >= 11 is 0. The summed E-state index contributed by atoms with van der Waals surface area (Å²) in [5, 5.41) is 11.7. The number of fused-ring (bicyclic) bond motifs is 1. The van der Waals surface area contributed by atoms with Crippen molar-refractivity contribution in [3.8, 4) is 6.07 Å². The van der Waals surface area contributed by atoms with Crippen LogP contribution in [0.2, 0.25) is 0 Å². The maximum atomic E-state index is 9.43. The zero-order chi connectivity index (χ0) is 14.8. The van der Waals surface area contributed by atoms with Gasteiger partial charge in [0, 0.05) is 17.8 Å². The molecule has 21 heavy (non-hydrogen) atoms. The molecule has 0 aromatic carbocycles. The van der Waals surface area contributed by atoms with Gasteiger partial charge in [0.2, 0.25) is 0 Å².